The highest BCUT2D eigenvalue weighted by Gasteiger charge is 2.02. The maximum absolute atomic E-state index is 8.92. The summed E-state index contributed by atoms with van der Waals surface area (Å²) in [7, 11) is 1.76. The van der Waals surface area contributed by atoms with Gasteiger partial charge in [0.2, 0.25) is 0 Å². The molecule has 1 N–H and O–H groups in total. The molecule has 1 rings (SSSR count). The van der Waals surface area contributed by atoms with Gasteiger partial charge in [0, 0.05) is 7.05 Å². The SMILES string of the molecule is C[C@@H](O)c1cn(C)nn1. The summed E-state index contributed by atoms with van der Waals surface area (Å²) < 4.78 is 1.56. The molecule has 0 aromatic carbocycles. The number of hydrogen-bond acceptors (Lipinski definition) is 3. The van der Waals surface area contributed by atoms with Gasteiger partial charge in [-0.25, -0.2) is 0 Å². The number of aryl methyl sites for hydroxylation is 1. The molecule has 0 bridgehead atoms. The number of aliphatic hydroxyl groups excluding tert-OH is 1. The van der Waals surface area contributed by atoms with Gasteiger partial charge < -0.3 is 5.11 Å². The Bertz CT molecular complexity index is 194. The molecule has 1 atom stereocenters. The maximum atomic E-state index is 8.92. The van der Waals surface area contributed by atoms with E-state index in [1.807, 2.05) is 0 Å². The Morgan fingerprint density at radius 3 is 2.67 bits per heavy atom. The number of aliphatic hydroxyl groups is 1. The summed E-state index contributed by atoms with van der Waals surface area (Å²) in [6.45, 7) is 1.66. The predicted molar refractivity (Wildman–Crippen MR) is 31.6 cm³/mol. The average molecular weight is 127 g/mol. The van der Waals surface area contributed by atoms with Gasteiger partial charge >= 0.3 is 0 Å². The van der Waals surface area contributed by atoms with Gasteiger partial charge in [0.1, 0.15) is 5.69 Å². The van der Waals surface area contributed by atoms with E-state index in [9.17, 15) is 0 Å². The van der Waals surface area contributed by atoms with Gasteiger partial charge in [-0.2, -0.15) is 0 Å². The number of aromatic nitrogens is 3. The van der Waals surface area contributed by atoms with Crippen LogP contribution in [-0.4, -0.2) is 20.1 Å². The minimum Gasteiger partial charge on any atom is -0.387 e. The average Bonchev–Trinajstić information content (AvgIpc) is 2.14. The van der Waals surface area contributed by atoms with E-state index in [1.165, 1.54) is 0 Å². The van der Waals surface area contributed by atoms with E-state index in [-0.39, 0.29) is 0 Å². The third-order valence-electron chi connectivity index (χ3n) is 1.05. The molecule has 1 aromatic heterocycles. The van der Waals surface area contributed by atoms with Crippen molar-refractivity contribution in [3.8, 4) is 0 Å². The van der Waals surface area contributed by atoms with Crippen LogP contribution in [0.4, 0.5) is 0 Å². The van der Waals surface area contributed by atoms with E-state index >= 15 is 0 Å². The lowest BCUT2D eigenvalue weighted by Crippen LogP contribution is -1.89. The molecule has 0 radical (unpaired) electrons. The summed E-state index contributed by atoms with van der Waals surface area (Å²) in [5.41, 5.74) is 0.609. The molecule has 0 fully saturated rings. The van der Waals surface area contributed by atoms with Crippen LogP contribution in [0.1, 0.15) is 18.7 Å². The molecule has 9 heavy (non-hydrogen) atoms. The van der Waals surface area contributed by atoms with Crippen molar-refractivity contribution in [1.29, 1.82) is 0 Å². The molecule has 1 heterocycles. The third-order valence-corrected chi connectivity index (χ3v) is 1.05. The lowest BCUT2D eigenvalue weighted by atomic mass is 10.3. The van der Waals surface area contributed by atoms with Gasteiger partial charge in [-0.05, 0) is 6.92 Å². The van der Waals surface area contributed by atoms with E-state index in [0.29, 0.717) is 5.69 Å². The molecule has 0 aliphatic carbocycles. The van der Waals surface area contributed by atoms with Crippen LogP contribution in [0.25, 0.3) is 0 Å². The molecular formula is C5H9N3O. The van der Waals surface area contributed by atoms with Gasteiger partial charge in [0.05, 0.1) is 12.3 Å². The smallest absolute Gasteiger partial charge is 0.111 e. The Hall–Kier alpha value is -0.900. The van der Waals surface area contributed by atoms with Crippen molar-refractivity contribution in [2.24, 2.45) is 7.05 Å². The molecule has 0 amide bonds. The van der Waals surface area contributed by atoms with Crippen molar-refractivity contribution in [2.45, 2.75) is 13.0 Å². The van der Waals surface area contributed by atoms with E-state index in [4.69, 9.17) is 5.11 Å². The first-order valence-corrected chi connectivity index (χ1v) is 2.74. The quantitative estimate of drug-likeness (QED) is 0.571. The second kappa shape index (κ2) is 2.14. The van der Waals surface area contributed by atoms with E-state index in [2.05, 4.69) is 10.3 Å². The van der Waals surface area contributed by atoms with Gasteiger partial charge in [-0.1, -0.05) is 5.21 Å². The molecule has 0 spiro atoms. The summed E-state index contributed by atoms with van der Waals surface area (Å²) >= 11 is 0. The minimum atomic E-state index is -0.515. The van der Waals surface area contributed by atoms with Crippen LogP contribution in [0.15, 0.2) is 6.20 Å². The normalized spacial score (nSPS) is 13.7. The Balaban J connectivity index is 2.85. The highest BCUT2D eigenvalue weighted by atomic mass is 16.3. The monoisotopic (exact) mass is 127 g/mol. The zero-order chi connectivity index (χ0) is 6.85. The van der Waals surface area contributed by atoms with Crippen LogP contribution < -0.4 is 0 Å². The van der Waals surface area contributed by atoms with E-state index in [1.54, 1.807) is 24.9 Å². The Morgan fingerprint density at radius 1 is 1.78 bits per heavy atom. The minimum absolute atomic E-state index is 0.515. The molecule has 1 aromatic rings. The first kappa shape index (κ1) is 6.22. The topological polar surface area (TPSA) is 50.9 Å². The van der Waals surface area contributed by atoms with Gasteiger partial charge in [0.25, 0.3) is 0 Å². The first-order chi connectivity index (χ1) is 4.20. The molecule has 4 nitrogen and oxygen atoms in total. The van der Waals surface area contributed by atoms with Crippen LogP contribution in [0, 0.1) is 0 Å². The van der Waals surface area contributed by atoms with Crippen LogP contribution in [-0.2, 0) is 7.05 Å². The summed E-state index contributed by atoms with van der Waals surface area (Å²) in [5.74, 6) is 0. The molecule has 0 aliphatic heterocycles. The molecule has 0 aliphatic rings. The largest absolute Gasteiger partial charge is 0.387 e. The fourth-order valence-electron chi connectivity index (χ4n) is 0.557. The molecule has 0 saturated heterocycles. The number of hydrogen-bond donors (Lipinski definition) is 1. The Labute approximate surface area is 53.1 Å². The van der Waals surface area contributed by atoms with Gasteiger partial charge in [-0.15, -0.1) is 5.10 Å². The Kier molecular flexibility index (Phi) is 1.48. The molecule has 0 saturated carbocycles. The summed E-state index contributed by atoms with van der Waals surface area (Å²) in [6.07, 6.45) is 1.17. The summed E-state index contributed by atoms with van der Waals surface area (Å²) in [6, 6.07) is 0. The van der Waals surface area contributed by atoms with E-state index < -0.39 is 6.10 Å². The van der Waals surface area contributed by atoms with Gasteiger partial charge in [0.15, 0.2) is 0 Å². The summed E-state index contributed by atoms with van der Waals surface area (Å²) in [5, 5.41) is 16.2. The second-order valence-electron chi connectivity index (χ2n) is 1.99. The standard InChI is InChI=1S/C5H9N3O/c1-4(9)5-3-8(2)7-6-5/h3-4,9H,1-2H3/t4-/m1/s1. The van der Waals surface area contributed by atoms with Crippen LogP contribution in [0.3, 0.4) is 0 Å². The van der Waals surface area contributed by atoms with Gasteiger partial charge in [-0.3, -0.25) is 4.68 Å². The fraction of sp³-hybridized carbons (Fsp3) is 0.600. The lowest BCUT2D eigenvalue weighted by Gasteiger charge is -1.92. The molecule has 0 unspecified atom stereocenters. The number of nitrogens with zero attached hydrogens (tertiary/aromatic N) is 3. The zero-order valence-electron chi connectivity index (χ0n) is 5.44. The van der Waals surface area contributed by atoms with Crippen molar-refractivity contribution < 1.29 is 5.11 Å². The molecule has 50 valence electrons. The fourth-order valence-corrected chi connectivity index (χ4v) is 0.557. The molecular weight excluding hydrogens is 118 g/mol. The molecule has 4 heteroatoms. The van der Waals surface area contributed by atoms with Crippen LogP contribution >= 0.6 is 0 Å². The van der Waals surface area contributed by atoms with Crippen molar-refractivity contribution in [2.75, 3.05) is 0 Å². The first-order valence-electron chi connectivity index (χ1n) is 2.74. The lowest BCUT2D eigenvalue weighted by molar-refractivity contribution is 0.194. The van der Waals surface area contributed by atoms with Crippen molar-refractivity contribution in [3.63, 3.8) is 0 Å². The summed E-state index contributed by atoms with van der Waals surface area (Å²) in [4.78, 5) is 0. The predicted octanol–water partition coefficient (Wildman–Crippen LogP) is -0.132. The van der Waals surface area contributed by atoms with Crippen LogP contribution in [0.2, 0.25) is 0 Å². The maximum Gasteiger partial charge on any atom is 0.111 e. The zero-order valence-corrected chi connectivity index (χ0v) is 5.44. The highest BCUT2D eigenvalue weighted by molar-refractivity contribution is 4.94. The highest BCUT2D eigenvalue weighted by Crippen LogP contribution is 2.04. The third kappa shape index (κ3) is 1.26. The van der Waals surface area contributed by atoms with E-state index in [0.717, 1.165) is 0 Å². The Morgan fingerprint density at radius 2 is 2.44 bits per heavy atom. The van der Waals surface area contributed by atoms with Crippen molar-refractivity contribution >= 4 is 0 Å². The second-order valence-corrected chi connectivity index (χ2v) is 1.99. The number of rotatable bonds is 1. The van der Waals surface area contributed by atoms with Crippen molar-refractivity contribution in [3.05, 3.63) is 11.9 Å². The van der Waals surface area contributed by atoms with Crippen LogP contribution in [0.5, 0.6) is 0 Å². The van der Waals surface area contributed by atoms with Crippen molar-refractivity contribution in [1.82, 2.24) is 15.0 Å².